The van der Waals surface area contributed by atoms with E-state index in [4.69, 9.17) is 4.43 Å². The first-order chi connectivity index (χ1) is 8.08. The van der Waals surface area contributed by atoms with E-state index in [0.717, 1.165) is 5.54 Å². The predicted octanol–water partition coefficient (Wildman–Crippen LogP) is 5.76. The molecule has 1 unspecified atom stereocenters. The second-order valence-electron chi connectivity index (χ2n) is 5.82. The molecule has 0 amide bonds. The molecule has 0 fully saturated rings. The molecule has 0 saturated carbocycles. The molecule has 0 aromatic rings. The van der Waals surface area contributed by atoms with Crippen molar-refractivity contribution in [1.29, 1.82) is 0 Å². The van der Waals surface area contributed by atoms with Crippen LogP contribution in [-0.4, -0.2) is 15.4 Å². The standard InChI is InChI=1S/C15H34OSi/c1-6-8-9-10-11-12-13-14-15(7-2)17(4,5)16-3/h15H,6-14H2,1-5H3. The molecular weight excluding hydrogens is 224 g/mol. The van der Waals surface area contributed by atoms with E-state index in [9.17, 15) is 0 Å². The predicted molar refractivity (Wildman–Crippen MR) is 81.1 cm³/mol. The van der Waals surface area contributed by atoms with E-state index < -0.39 is 8.32 Å². The fourth-order valence-corrected chi connectivity index (χ4v) is 4.77. The number of hydrogen-bond acceptors (Lipinski definition) is 1. The smallest absolute Gasteiger partial charge is 0.189 e. The molecule has 0 aliphatic rings. The third-order valence-electron chi connectivity index (χ3n) is 4.16. The summed E-state index contributed by atoms with van der Waals surface area (Å²) in [7, 11) is 0.515. The number of rotatable bonds is 11. The Balaban J connectivity index is 3.57. The zero-order valence-corrected chi connectivity index (χ0v) is 13.8. The second kappa shape index (κ2) is 10.1. The fraction of sp³-hybridized carbons (Fsp3) is 1.00. The van der Waals surface area contributed by atoms with Gasteiger partial charge in [0.25, 0.3) is 0 Å². The molecule has 0 aliphatic carbocycles. The Morgan fingerprint density at radius 1 is 0.882 bits per heavy atom. The molecule has 0 N–H and O–H groups in total. The minimum absolute atomic E-state index is 0.850. The third kappa shape index (κ3) is 7.99. The highest BCUT2D eigenvalue weighted by atomic mass is 28.4. The molecular formula is C15H34OSi. The van der Waals surface area contributed by atoms with Crippen molar-refractivity contribution in [3.8, 4) is 0 Å². The Morgan fingerprint density at radius 2 is 1.41 bits per heavy atom. The quantitative estimate of drug-likeness (QED) is 0.338. The van der Waals surface area contributed by atoms with Crippen molar-refractivity contribution < 1.29 is 4.43 Å². The maximum Gasteiger partial charge on any atom is 0.189 e. The van der Waals surface area contributed by atoms with Gasteiger partial charge in [-0.15, -0.1) is 0 Å². The van der Waals surface area contributed by atoms with Crippen molar-refractivity contribution >= 4 is 8.32 Å². The first-order valence-electron chi connectivity index (χ1n) is 7.63. The van der Waals surface area contributed by atoms with Gasteiger partial charge >= 0.3 is 0 Å². The van der Waals surface area contributed by atoms with Gasteiger partial charge in [-0.2, -0.15) is 0 Å². The average molecular weight is 259 g/mol. The van der Waals surface area contributed by atoms with Crippen molar-refractivity contribution in [3.05, 3.63) is 0 Å². The Kier molecular flexibility index (Phi) is 10.2. The zero-order chi connectivity index (χ0) is 13.1. The lowest BCUT2D eigenvalue weighted by atomic mass is 10.1. The SMILES string of the molecule is CCCCCCCCCC(CC)[Si](C)(C)OC. The molecule has 0 aromatic carbocycles. The fourth-order valence-electron chi connectivity index (χ4n) is 2.56. The summed E-state index contributed by atoms with van der Waals surface area (Å²) in [6, 6.07) is 0. The van der Waals surface area contributed by atoms with Crippen LogP contribution in [0.25, 0.3) is 0 Å². The lowest BCUT2D eigenvalue weighted by molar-refractivity contribution is 0.380. The van der Waals surface area contributed by atoms with Gasteiger partial charge in [0, 0.05) is 7.11 Å². The molecule has 0 bridgehead atoms. The van der Waals surface area contributed by atoms with Gasteiger partial charge < -0.3 is 4.43 Å². The summed E-state index contributed by atoms with van der Waals surface area (Å²) in [6.45, 7) is 9.33. The van der Waals surface area contributed by atoms with E-state index >= 15 is 0 Å². The highest BCUT2D eigenvalue weighted by molar-refractivity contribution is 6.72. The van der Waals surface area contributed by atoms with Gasteiger partial charge in [-0.05, 0) is 18.6 Å². The topological polar surface area (TPSA) is 9.23 Å². The summed E-state index contributed by atoms with van der Waals surface area (Å²) < 4.78 is 5.74. The minimum atomic E-state index is -1.39. The summed E-state index contributed by atoms with van der Waals surface area (Å²) >= 11 is 0. The third-order valence-corrected chi connectivity index (χ3v) is 7.87. The Hall–Kier alpha value is 0.177. The summed E-state index contributed by atoms with van der Waals surface area (Å²) in [6.07, 6.45) is 12.6. The van der Waals surface area contributed by atoms with E-state index in [0.29, 0.717) is 0 Å². The molecule has 0 aromatic heterocycles. The van der Waals surface area contributed by atoms with Crippen LogP contribution in [0.1, 0.15) is 71.6 Å². The van der Waals surface area contributed by atoms with Gasteiger partial charge in [-0.1, -0.05) is 71.6 Å². The van der Waals surface area contributed by atoms with E-state index in [1.165, 1.54) is 57.8 Å². The molecule has 2 heteroatoms. The molecule has 1 atom stereocenters. The summed E-state index contributed by atoms with van der Waals surface area (Å²) in [5, 5.41) is 0. The second-order valence-corrected chi connectivity index (χ2v) is 10.3. The molecule has 0 saturated heterocycles. The Morgan fingerprint density at radius 3 is 1.88 bits per heavy atom. The van der Waals surface area contributed by atoms with Crippen LogP contribution in [-0.2, 0) is 4.43 Å². The lowest BCUT2D eigenvalue weighted by Gasteiger charge is -2.30. The summed E-state index contributed by atoms with van der Waals surface area (Å²) in [4.78, 5) is 0. The monoisotopic (exact) mass is 258 g/mol. The van der Waals surface area contributed by atoms with Gasteiger partial charge in [0.15, 0.2) is 8.32 Å². The van der Waals surface area contributed by atoms with E-state index in [2.05, 4.69) is 26.9 Å². The minimum Gasteiger partial charge on any atom is -0.420 e. The van der Waals surface area contributed by atoms with Crippen molar-refractivity contribution in [2.24, 2.45) is 0 Å². The Bertz CT molecular complexity index is 168. The first-order valence-corrected chi connectivity index (χ1v) is 10.6. The molecule has 104 valence electrons. The van der Waals surface area contributed by atoms with Crippen molar-refractivity contribution in [1.82, 2.24) is 0 Å². The van der Waals surface area contributed by atoms with Crippen molar-refractivity contribution in [3.63, 3.8) is 0 Å². The Labute approximate surface area is 110 Å². The highest BCUT2D eigenvalue weighted by Gasteiger charge is 2.30. The van der Waals surface area contributed by atoms with Crippen LogP contribution in [0.15, 0.2) is 0 Å². The first kappa shape index (κ1) is 17.2. The van der Waals surface area contributed by atoms with Gasteiger partial charge in [0.2, 0.25) is 0 Å². The summed E-state index contributed by atoms with van der Waals surface area (Å²) in [5.41, 5.74) is 0.850. The largest absolute Gasteiger partial charge is 0.420 e. The van der Waals surface area contributed by atoms with Gasteiger partial charge in [0.1, 0.15) is 0 Å². The highest BCUT2D eigenvalue weighted by Crippen LogP contribution is 2.31. The molecule has 0 spiro atoms. The average Bonchev–Trinajstić information content (AvgIpc) is 2.32. The molecule has 17 heavy (non-hydrogen) atoms. The summed E-state index contributed by atoms with van der Waals surface area (Å²) in [5.74, 6) is 0. The van der Waals surface area contributed by atoms with E-state index in [-0.39, 0.29) is 0 Å². The normalized spacial score (nSPS) is 13.9. The molecule has 0 aliphatic heterocycles. The van der Waals surface area contributed by atoms with Crippen LogP contribution in [0.4, 0.5) is 0 Å². The number of hydrogen-bond donors (Lipinski definition) is 0. The molecule has 1 nitrogen and oxygen atoms in total. The lowest BCUT2D eigenvalue weighted by Crippen LogP contribution is -2.35. The van der Waals surface area contributed by atoms with Gasteiger partial charge in [-0.3, -0.25) is 0 Å². The van der Waals surface area contributed by atoms with Crippen LogP contribution in [0.5, 0.6) is 0 Å². The van der Waals surface area contributed by atoms with Gasteiger partial charge in [-0.25, -0.2) is 0 Å². The van der Waals surface area contributed by atoms with Crippen molar-refractivity contribution in [2.75, 3.05) is 7.11 Å². The van der Waals surface area contributed by atoms with E-state index in [1.807, 2.05) is 7.11 Å². The maximum atomic E-state index is 5.74. The van der Waals surface area contributed by atoms with Crippen LogP contribution in [0.3, 0.4) is 0 Å². The maximum absolute atomic E-state index is 5.74. The number of unbranched alkanes of at least 4 members (excludes halogenated alkanes) is 6. The molecule has 0 radical (unpaired) electrons. The molecule has 0 rings (SSSR count). The van der Waals surface area contributed by atoms with Crippen LogP contribution < -0.4 is 0 Å². The van der Waals surface area contributed by atoms with Gasteiger partial charge in [0.05, 0.1) is 0 Å². The van der Waals surface area contributed by atoms with Crippen molar-refractivity contribution in [2.45, 2.75) is 90.3 Å². The van der Waals surface area contributed by atoms with Crippen LogP contribution >= 0.6 is 0 Å². The zero-order valence-electron chi connectivity index (χ0n) is 12.8. The molecule has 0 heterocycles. The van der Waals surface area contributed by atoms with E-state index in [1.54, 1.807) is 0 Å². The van der Waals surface area contributed by atoms with Crippen LogP contribution in [0.2, 0.25) is 18.6 Å². The van der Waals surface area contributed by atoms with Crippen LogP contribution in [0, 0.1) is 0 Å².